The minimum absolute atomic E-state index is 0.214. The van der Waals surface area contributed by atoms with Crippen LogP contribution in [-0.4, -0.2) is 96.4 Å². The van der Waals surface area contributed by atoms with E-state index in [1.807, 2.05) is 88.4 Å². The van der Waals surface area contributed by atoms with Gasteiger partial charge in [-0.15, -0.1) is 0 Å². The summed E-state index contributed by atoms with van der Waals surface area (Å²) in [6.45, 7) is 7.58. The monoisotopic (exact) mass is 602 g/mol. The second kappa shape index (κ2) is 12.8. The molecule has 0 aromatic heterocycles. The zero-order valence-corrected chi connectivity index (χ0v) is 24.9. The first-order valence-electron chi connectivity index (χ1n) is 14.9. The van der Waals surface area contributed by atoms with E-state index in [1.54, 1.807) is 0 Å². The van der Waals surface area contributed by atoms with Gasteiger partial charge >= 0.3 is 0 Å². The number of ether oxygens (including phenoxy) is 9. The van der Waals surface area contributed by atoms with Crippen LogP contribution in [0.3, 0.4) is 0 Å². The highest BCUT2D eigenvalue weighted by atomic mass is 16.9. The van der Waals surface area contributed by atoms with E-state index in [-0.39, 0.29) is 13.2 Å². The normalized spacial score (nSPS) is 38.3. The number of hydrogen-bond donors (Lipinski definition) is 2. The van der Waals surface area contributed by atoms with Crippen LogP contribution in [0, 0.1) is 0 Å². The molecule has 0 radical (unpaired) electrons. The quantitative estimate of drug-likeness (QED) is 0.417. The van der Waals surface area contributed by atoms with E-state index < -0.39 is 79.6 Å². The molecule has 11 nitrogen and oxygen atoms in total. The minimum Gasteiger partial charge on any atom is -0.394 e. The average molecular weight is 603 g/mol. The highest BCUT2D eigenvalue weighted by Gasteiger charge is 2.61. The Kier molecular flexibility index (Phi) is 9.21. The van der Waals surface area contributed by atoms with Crippen molar-refractivity contribution in [2.24, 2.45) is 0 Å². The average Bonchev–Trinajstić information content (AvgIpc) is 3.61. The first-order chi connectivity index (χ1) is 20.6. The van der Waals surface area contributed by atoms with E-state index in [1.165, 1.54) is 0 Å². The van der Waals surface area contributed by atoms with Gasteiger partial charge in [-0.2, -0.15) is 0 Å². The highest BCUT2D eigenvalue weighted by molar-refractivity contribution is 5.15. The van der Waals surface area contributed by atoms with Crippen molar-refractivity contribution in [3.8, 4) is 0 Å². The van der Waals surface area contributed by atoms with Gasteiger partial charge in [-0.1, -0.05) is 60.7 Å². The topological polar surface area (TPSA) is 124 Å². The van der Waals surface area contributed by atoms with E-state index in [2.05, 4.69) is 0 Å². The van der Waals surface area contributed by atoms with Crippen molar-refractivity contribution in [1.29, 1.82) is 0 Å². The lowest BCUT2D eigenvalue weighted by molar-refractivity contribution is -0.339. The third kappa shape index (κ3) is 6.98. The maximum atomic E-state index is 11.3. The number of hydrogen-bond acceptors (Lipinski definition) is 11. The zero-order chi connectivity index (χ0) is 30.2. The molecule has 6 rings (SSSR count). The first-order valence-corrected chi connectivity index (χ1v) is 14.9. The molecule has 4 unspecified atom stereocenters. The molecule has 4 aliphatic rings. The van der Waals surface area contributed by atoms with Gasteiger partial charge in [-0.25, -0.2) is 0 Å². The minimum atomic E-state index is -1.19. The Morgan fingerprint density at radius 2 is 1.37 bits per heavy atom. The van der Waals surface area contributed by atoms with Crippen LogP contribution >= 0.6 is 0 Å². The largest absolute Gasteiger partial charge is 0.394 e. The number of aliphatic hydroxyl groups excluding tert-OH is 2. The Labute approximate surface area is 251 Å². The van der Waals surface area contributed by atoms with E-state index in [4.69, 9.17) is 42.6 Å². The van der Waals surface area contributed by atoms with Gasteiger partial charge < -0.3 is 52.8 Å². The van der Waals surface area contributed by atoms with Crippen molar-refractivity contribution in [3.63, 3.8) is 0 Å². The molecular weight excluding hydrogens is 560 g/mol. The first kappa shape index (κ1) is 31.0. The molecule has 2 aromatic carbocycles. The maximum Gasteiger partial charge on any atom is 0.190 e. The van der Waals surface area contributed by atoms with Gasteiger partial charge in [0.05, 0.1) is 26.4 Å². The molecule has 11 heteroatoms. The van der Waals surface area contributed by atoms with Crippen molar-refractivity contribution >= 4 is 0 Å². The van der Waals surface area contributed by atoms with Gasteiger partial charge in [0.15, 0.2) is 24.2 Å². The number of rotatable bonds is 10. The molecule has 4 saturated heterocycles. The summed E-state index contributed by atoms with van der Waals surface area (Å²) in [5.41, 5.74) is 1.85. The standard InChI is InChI=1S/C32H42O11/c1-31(2)37-18-22(41-31)24-26(28-30(39-24)43-32(3,4)42-28)40-29-27(36-17-20-13-9-6-10-14-20)25(23(34)21(15-33)38-29)35-16-19-11-7-5-8-12-19/h5-14,21-30,33-34H,15-18H2,1-4H3/t21?,22?,23-,24-,25+,26+,27?,28?,29+,30-/m1/s1. The van der Waals surface area contributed by atoms with E-state index >= 15 is 0 Å². The molecule has 0 aliphatic carbocycles. The summed E-state index contributed by atoms with van der Waals surface area (Å²) in [5, 5.41) is 21.5. The molecule has 236 valence electrons. The van der Waals surface area contributed by atoms with Gasteiger partial charge in [-0.05, 0) is 38.8 Å². The van der Waals surface area contributed by atoms with E-state index in [9.17, 15) is 10.2 Å². The fraction of sp³-hybridized carbons (Fsp3) is 0.625. The SMILES string of the molecule is CC1(C)OCC([C@H]2O[C@@H]3OC(C)(C)OC3[C@H]2O[C@@H]2OC(CO)[C@@H](O)[C@H](OCc3ccccc3)C2OCc2ccccc2)O1. The molecule has 4 fully saturated rings. The summed E-state index contributed by atoms with van der Waals surface area (Å²) in [5.74, 6) is -1.68. The number of benzene rings is 2. The lowest BCUT2D eigenvalue weighted by atomic mass is 9.98. The van der Waals surface area contributed by atoms with Crippen LogP contribution in [0.2, 0.25) is 0 Å². The van der Waals surface area contributed by atoms with Gasteiger partial charge in [0.1, 0.15) is 48.8 Å². The van der Waals surface area contributed by atoms with Gasteiger partial charge in [0, 0.05) is 0 Å². The van der Waals surface area contributed by atoms with Crippen LogP contribution in [-0.2, 0) is 55.8 Å². The Bertz CT molecular complexity index is 1180. The van der Waals surface area contributed by atoms with Gasteiger partial charge in [0.25, 0.3) is 0 Å². The highest BCUT2D eigenvalue weighted by Crippen LogP contribution is 2.43. The smallest absolute Gasteiger partial charge is 0.190 e. The summed E-state index contributed by atoms with van der Waals surface area (Å²) in [6, 6.07) is 19.3. The Morgan fingerprint density at radius 1 is 0.744 bits per heavy atom. The fourth-order valence-electron chi connectivity index (χ4n) is 6.04. The van der Waals surface area contributed by atoms with Crippen LogP contribution in [0.1, 0.15) is 38.8 Å². The summed E-state index contributed by atoms with van der Waals surface area (Å²) < 4.78 is 56.2. The maximum absolute atomic E-state index is 11.3. The van der Waals surface area contributed by atoms with Crippen molar-refractivity contribution in [1.82, 2.24) is 0 Å². The molecule has 4 heterocycles. The number of fused-ring (bicyclic) bond motifs is 1. The third-order valence-electron chi connectivity index (χ3n) is 8.08. The summed E-state index contributed by atoms with van der Waals surface area (Å²) in [7, 11) is 0. The predicted molar refractivity (Wildman–Crippen MR) is 150 cm³/mol. The molecule has 43 heavy (non-hydrogen) atoms. The van der Waals surface area contributed by atoms with Crippen LogP contribution < -0.4 is 0 Å². The number of aliphatic hydroxyl groups is 2. The lowest BCUT2D eigenvalue weighted by Crippen LogP contribution is -2.62. The van der Waals surface area contributed by atoms with Crippen molar-refractivity contribution in [2.45, 2.75) is 114 Å². The second-order valence-electron chi connectivity index (χ2n) is 12.3. The molecule has 0 amide bonds. The van der Waals surface area contributed by atoms with E-state index in [0.717, 1.165) is 11.1 Å². The molecular formula is C32H42O11. The molecule has 0 bridgehead atoms. The van der Waals surface area contributed by atoms with Gasteiger partial charge in [-0.3, -0.25) is 0 Å². The van der Waals surface area contributed by atoms with E-state index in [0.29, 0.717) is 6.61 Å². The molecule has 2 N–H and O–H groups in total. The van der Waals surface area contributed by atoms with Crippen molar-refractivity contribution in [3.05, 3.63) is 71.8 Å². The Hall–Kier alpha value is -2.00. The fourth-order valence-corrected chi connectivity index (χ4v) is 6.04. The zero-order valence-electron chi connectivity index (χ0n) is 24.9. The Balaban J connectivity index is 1.28. The molecule has 0 saturated carbocycles. The molecule has 2 aromatic rings. The Morgan fingerprint density at radius 3 is 1.95 bits per heavy atom. The second-order valence-corrected chi connectivity index (χ2v) is 12.3. The predicted octanol–water partition coefficient (Wildman–Crippen LogP) is 2.65. The third-order valence-corrected chi connectivity index (χ3v) is 8.08. The summed E-state index contributed by atoms with van der Waals surface area (Å²) >= 11 is 0. The van der Waals surface area contributed by atoms with Crippen molar-refractivity contribution in [2.75, 3.05) is 13.2 Å². The lowest BCUT2D eigenvalue weighted by Gasteiger charge is -2.45. The molecule has 0 spiro atoms. The van der Waals surface area contributed by atoms with Gasteiger partial charge in [0.2, 0.25) is 0 Å². The van der Waals surface area contributed by atoms with Crippen LogP contribution in [0.4, 0.5) is 0 Å². The summed E-state index contributed by atoms with van der Waals surface area (Å²) in [4.78, 5) is 0. The van der Waals surface area contributed by atoms with Crippen molar-refractivity contribution < 1.29 is 52.8 Å². The van der Waals surface area contributed by atoms with Crippen LogP contribution in [0.5, 0.6) is 0 Å². The summed E-state index contributed by atoms with van der Waals surface area (Å²) in [6.07, 6.45) is -8.10. The van der Waals surface area contributed by atoms with Crippen LogP contribution in [0.15, 0.2) is 60.7 Å². The molecule has 4 aliphatic heterocycles. The van der Waals surface area contributed by atoms with Crippen LogP contribution in [0.25, 0.3) is 0 Å². The molecule has 10 atom stereocenters.